The van der Waals surface area contributed by atoms with Crippen molar-refractivity contribution in [3.05, 3.63) is 29.8 Å². The SMILES string of the molecule is COc1ccc(CCN2CC(C(C)C)NCC2C)cc1. The van der Waals surface area contributed by atoms with Gasteiger partial charge in [0.05, 0.1) is 7.11 Å². The van der Waals surface area contributed by atoms with Crippen LogP contribution in [0.5, 0.6) is 5.75 Å². The first-order valence-corrected chi connectivity index (χ1v) is 7.70. The quantitative estimate of drug-likeness (QED) is 0.894. The number of piperazine rings is 1. The number of hydrogen-bond acceptors (Lipinski definition) is 3. The zero-order valence-corrected chi connectivity index (χ0v) is 13.2. The average molecular weight is 276 g/mol. The van der Waals surface area contributed by atoms with Crippen LogP contribution in [0, 0.1) is 5.92 Å². The largest absolute Gasteiger partial charge is 0.497 e. The number of hydrogen-bond donors (Lipinski definition) is 1. The molecule has 20 heavy (non-hydrogen) atoms. The lowest BCUT2D eigenvalue weighted by atomic mass is 9.99. The van der Waals surface area contributed by atoms with Crippen molar-refractivity contribution < 1.29 is 4.74 Å². The minimum atomic E-state index is 0.627. The Morgan fingerprint density at radius 1 is 1.30 bits per heavy atom. The lowest BCUT2D eigenvalue weighted by Crippen LogP contribution is -2.57. The van der Waals surface area contributed by atoms with Gasteiger partial charge in [-0.05, 0) is 37.0 Å². The van der Waals surface area contributed by atoms with Crippen LogP contribution in [0.3, 0.4) is 0 Å². The highest BCUT2D eigenvalue weighted by atomic mass is 16.5. The Hall–Kier alpha value is -1.06. The normalized spacial score (nSPS) is 24.1. The molecule has 0 aliphatic carbocycles. The molecule has 1 aromatic rings. The average Bonchev–Trinajstić information content (AvgIpc) is 2.46. The van der Waals surface area contributed by atoms with E-state index in [2.05, 4.69) is 43.1 Å². The molecule has 0 radical (unpaired) electrons. The summed E-state index contributed by atoms with van der Waals surface area (Å²) < 4.78 is 5.20. The van der Waals surface area contributed by atoms with Crippen LogP contribution in [0.15, 0.2) is 24.3 Å². The van der Waals surface area contributed by atoms with Gasteiger partial charge in [-0.3, -0.25) is 4.90 Å². The second kappa shape index (κ2) is 7.09. The Balaban J connectivity index is 1.87. The second-order valence-electron chi connectivity index (χ2n) is 6.20. The molecule has 2 rings (SSSR count). The minimum Gasteiger partial charge on any atom is -0.497 e. The Kier molecular flexibility index (Phi) is 5.44. The van der Waals surface area contributed by atoms with E-state index in [0.29, 0.717) is 18.0 Å². The highest BCUT2D eigenvalue weighted by molar-refractivity contribution is 5.27. The third kappa shape index (κ3) is 3.97. The van der Waals surface area contributed by atoms with E-state index in [1.54, 1.807) is 7.11 Å². The summed E-state index contributed by atoms with van der Waals surface area (Å²) in [6.07, 6.45) is 1.11. The van der Waals surface area contributed by atoms with Crippen LogP contribution in [-0.4, -0.2) is 43.7 Å². The molecule has 0 aromatic heterocycles. The molecule has 1 heterocycles. The summed E-state index contributed by atoms with van der Waals surface area (Å²) in [6.45, 7) is 10.3. The molecule has 1 aliphatic rings. The highest BCUT2D eigenvalue weighted by Gasteiger charge is 2.26. The molecular formula is C17H28N2O. The molecular weight excluding hydrogens is 248 g/mol. The fourth-order valence-corrected chi connectivity index (χ4v) is 2.77. The summed E-state index contributed by atoms with van der Waals surface area (Å²) in [6, 6.07) is 9.70. The maximum Gasteiger partial charge on any atom is 0.118 e. The summed E-state index contributed by atoms with van der Waals surface area (Å²) in [7, 11) is 1.71. The molecule has 1 aliphatic heterocycles. The predicted molar refractivity (Wildman–Crippen MR) is 84.4 cm³/mol. The second-order valence-corrected chi connectivity index (χ2v) is 6.20. The van der Waals surface area contributed by atoms with Gasteiger partial charge in [0.25, 0.3) is 0 Å². The standard InChI is InChI=1S/C17H28N2O/c1-13(2)17-12-19(14(3)11-18-17)10-9-15-5-7-16(20-4)8-6-15/h5-8,13-14,17-18H,9-12H2,1-4H3. The van der Waals surface area contributed by atoms with Gasteiger partial charge in [-0.25, -0.2) is 0 Å². The van der Waals surface area contributed by atoms with Crippen molar-refractivity contribution in [3.63, 3.8) is 0 Å². The van der Waals surface area contributed by atoms with Gasteiger partial charge in [-0.2, -0.15) is 0 Å². The van der Waals surface area contributed by atoms with E-state index < -0.39 is 0 Å². The first-order chi connectivity index (χ1) is 9.60. The van der Waals surface area contributed by atoms with Crippen molar-refractivity contribution in [3.8, 4) is 5.75 Å². The first-order valence-electron chi connectivity index (χ1n) is 7.70. The molecule has 3 heteroatoms. The predicted octanol–water partition coefficient (Wildman–Crippen LogP) is 2.56. The van der Waals surface area contributed by atoms with Crippen molar-refractivity contribution >= 4 is 0 Å². The molecule has 1 aromatic carbocycles. The van der Waals surface area contributed by atoms with E-state index in [1.165, 1.54) is 5.56 Å². The Morgan fingerprint density at radius 2 is 2.00 bits per heavy atom. The van der Waals surface area contributed by atoms with Crippen LogP contribution in [0.25, 0.3) is 0 Å². The van der Waals surface area contributed by atoms with Crippen molar-refractivity contribution in [2.75, 3.05) is 26.7 Å². The number of nitrogens with one attached hydrogen (secondary N) is 1. The lowest BCUT2D eigenvalue weighted by molar-refractivity contribution is 0.124. The molecule has 1 saturated heterocycles. The summed E-state index contributed by atoms with van der Waals surface area (Å²) in [5.74, 6) is 1.63. The van der Waals surface area contributed by atoms with Crippen LogP contribution in [0.4, 0.5) is 0 Å². The fourth-order valence-electron chi connectivity index (χ4n) is 2.77. The first kappa shape index (κ1) is 15.3. The number of benzene rings is 1. The maximum atomic E-state index is 5.20. The van der Waals surface area contributed by atoms with Gasteiger partial charge in [0.1, 0.15) is 5.75 Å². The van der Waals surface area contributed by atoms with Crippen molar-refractivity contribution in [1.29, 1.82) is 0 Å². The van der Waals surface area contributed by atoms with Gasteiger partial charge in [0.2, 0.25) is 0 Å². The lowest BCUT2D eigenvalue weighted by Gasteiger charge is -2.40. The molecule has 112 valence electrons. The topological polar surface area (TPSA) is 24.5 Å². The fraction of sp³-hybridized carbons (Fsp3) is 0.647. The van der Waals surface area contributed by atoms with Gasteiger partial charge in [-0.15, -0.1) is 0 Å². The molecule has 3 nitrogen and oxygen atoms in total. The van der Waals surface area contributed by atoms with E-state index in [9.17, 15) is 0 Å². The van der Waals surface area contributed by atoms with Gasteiger partial charge < -0.3 is 10.1 Å². The van der Waals surface area contributed by atoms with E-state index in [4.69, 9.17) is 4.74 Å². The summed E-state index contributed by atoms with van der Waals surface area (Å²) in [5.41, 5.74) is 1.39. The molecule has 0 amide bonds. The third-order valence-corrected chi connectivity index (χ3v) is 4.38. The molecule has 0 bridgehead atoms. The number of ether oxygens (including phenoxy) is 1. The highest BCUT2D eigenvalue weighted by Crippen LogP contribution is 2.15. The van der Waals surface area contributed by atoms with Crippen LogP contribution in [-0.2, 0) is 6.42 Å². The van der Waals surface area contributed by atoms with E-state index in [1.807, 2.05) is 12.1 Å². The van der Waals surface area contributed by atoms with Crippen molar-refractivity contribution in [2.45, 2.75) is 39.3 Å². The van der Waals surface area contributed by atoms with Crippen LogP contribution < -0.4 is 10.1 Å². The van der Waals surface area contributed by atoms with Crippen molar-refractivity contribution in [2.24, 2.45) is 5.92 Å². The van der Waals surface area contributed by atoms with Crippen LogP contribution in [0.2, 0.25) is 0 Å². The van der Waals surface area contributed by atoms with Gasteiger partial charge in [0, 0.05) is 31.7 Å². The van der Waals surface area contributed by atoms with Crippen molar-refractivity contribution in [1.82, 2.24) is 10.2 Å². The maximum absolute atomic E-state index is 5.20. The molecule has 1 N–H and O–H groups in total. The molecule has 2 unspecified atom stereocenters. The monoisotopic (exact) mass is 276 g/mol. The van der Waals surface area contributed by atoms with E-state index in [-0.39, 0.29) is 0 Å². The smallest absolute Gasteiger partial charge is 0.118 e. The van der Waals surface area contributed by atoms with E-state index >= 15 is 0 Å². The minimum absolute atomic E-state index is 0.627. The molecule has 1 fully saturated rings. The number of methoxy groups -OCH3 is 1. The van der Waals surface area contributed by atoms with Gasteiger partial charge in [-0.1, -0.05) is 26.0 Å². The zero-order chi connectivity index (χ0) is 14.5. The van der Waals surface area contributed by atoms with Crippen LogP contribution >= 0.6 is 0 Å². The number of nitrogens with zero attached hydrogens (tertiary/aromatic N) is 1. The summed E-state index contributed by atoms with van der Waals surface area (Å²) in [4.78, 5) is 2.62. The molecule has 0 spiro atoms. The Morgan fingerprint density at radius 3 is 2.60 bits per heavy atom. The summed E-state index contributed by atoms with van der Waals surface area (Å²) >= 11 is 0. The Bertz CT molecular complexity index is 402. The van der Waals surface area contributed by atoms with Gasteiger partial charge in [0.15, 0.2) is 0 Å². The van der Waals surface area contributed by atoms with Crippen LogP contribution in [0.1, 0.15) is 26.3 Å². The van der Waals surface area contributed by atoms with Gasteiger partial charge >= 0.3 is 0 Å². The molecule has 0 saturated carbocycles. The zero-order valence-electron chi connectivity index (χ0n) is 13.2. The summed E-state index contributed by atoms with van der Waals surface area (Å²) in [5, 5.41) is 3.65. The molecule has 2 atom stereocenters. The Labute approximate surface area is 123 Å². The van der Waals surface area contributed by atoms with E-state index in [0.717, 1.165) is 31.8 Å². The number of rotatable bonds is 5. The third-order valence-electron chi connectivity index (χ3n) is 4.38.